The van der Waals surface area contributed by atoms with Gasteiger partial charge < -0.3 is 16.0 Å². The summed E-state index contributed by atoms with van der Waals surface area (Å²) in [7, 11) is 1.87. The van der Waals surface area contributed by atoms with E-state index in [2.05, 4.69) is 21.0 Å². The maximum absolute atomic E-state index is 12.2. The molecule has 1 fully saturated rings. The van der Waals surface area contributed by atoms with Gasteiger partial charge in [-0.05, 0) is 37.2 Å². The van der Waals surface area contributed by atoms with Crippen molar-refractivity contribution in [1.82, 2.24) is 15.1 Å². The van der Waals surface area contributed by atoms with Crippen molar-refractivity contribution in [1.29, 1.82) is 0 Å². The molecule has 1 saturated heterocycles. The van der Waals surface area contributed by atoms with Gasteiger partial charge in [0.25, 0.3) is 0 Å². The first-order valence-electron chi connectivity index (χ1n) is 7.49. The van der Waals surface area contributed by atoms with Gasteiger partial charge in [-0.3, -0.25) is 9.48 Å². The Hall–Kier alpha value is -2.34. The summed E-state index contributed by atoms with van der Waals surface area (Å²) in [6.45, 7) is 3.84. The third-order valence-electron chi connectivity index (χ3n) is 4.06. The smallest absolute Gasteiger partial charge is 0.227 e. The van der Waals surface area contributed by atoms with Crippen molar-refractivity contribution >= 4 is 23.0 Å². The fourth-order valence-electron chi connectivity index (χ4n) is 2.46. The minimum absolute atomic E-state index is 0.0242. The minimum Gasteiger partial charge on any atom is -0.353 e. The van der Waals surface area contributed by atoms with Crippen LogP contribution in [0.15, 0.2) is 36.7 Å². The first kappa shape index (κ1) is 14.6. The molecule has 1 atom stereocenters. The monoisotopic (exact) mass is 299 g/mol. The fourth-order valence-corrected chi connectivity index (χ4v) is 2.46. The van der Waals surface area contributed by atoms with Gasteiger partial charge in [0.15, 0.2) is 0 Å². The lowest BCUT2D eigenvalue weighted by Gasteiger charge is -2.31. The van der Waals surface area contributed by atoms with Crippen LogP contribution in [0, 0.1) is 11.8 Å². The second kappa shape index (κ2) is 6.19. The average molecular weight is 299 g/mol. The highest BCUT2D eigenvalue weighted by atomic mass is 16.1. The quantitative estimate of drug-likeness (QED) is 0.789. The van der Waals surface area contributed by atoms with Crippen molar-refractivity contribution < 1.29 is 4.79 Å². The standard InChI is InChI=1S/C16H21N5O/c1-11(12-7-17-8-12)16(22)20-14-5-3-4-13(6-14)19-15-9-18-21(2)10-15/h3-6,9-12,17,19H,7-8H2,1-2H3,(H,20,22). The van der Waals surface area contributed by atoms with Crippen LogP contribution in [0.5, 0.6) is 0 Å². The topological polar surface area (TPSA) is 71.0 Å². The molecule has 116 valence electrons. The zero-order valence-electron chi connectivity index (χ0n) is 12.8. The summed E-state index contributed by atoms with van der Waals surface area (Å²) in [5.74, 6) is 0.540. The number of carbonyl (C=O) groups excluding carboxylic acids is 1. The van der Waals surface area contributed by atoms with Crippen molar-refractivity contribution in [2.24, 2.45) is 18.9 Å². The molecule has 0 aliphatic carbocycles. The van der Waals surface area contributed by atoms with E-state index in [4.69, 9.17) is 0 Å². The lowest BCUT2D eigenvalue weighted by Crippen LogP contribution is -2.48. The lowest BCUT2D eigenvalue weighted by molar-refractivity contribution is -0.121. The first-order valence-corrected chi connectivity index (χ1v) is 7.49. The van der Waals surface area contributed by atoms with Crippen molar-refractivity contribution in [3.05, 3.63) is 36.7 Å². The molecule has 1 aliphatic heterocycles. The molecule has 1 aromatic heterocycles. The van der Waals surface area contributed by atoms with Gasteiger partial charge in [-0.15, -0.1) is 0 Å². The van der Waals surface area contributed by atoms with Crippen LogP contribution in [0.2, 0.25) is 0 Å². The van der Waals surface area contributed by atoms with E-state index in [-0.39, 0.29) is 11.8 Å². The van der Waals surface area contributed by atoms with Crippen molar-refractivity contribution in [3.8, 4) is 0 Å². The van der Waals surface area contributed by atoms with Crippen LogP contribution in [0.25, 0.3) is 0 Å². The zero-order valence-corrected chi connectivity index (χ0v) is 12.8. The molecule has 0 radical (unpaired) electrons. The molecule has 1 unspecified atom stereocenters. The predicted octanol–water partition coefficient (Wildman–Crippen LogP) is 1.96. The Balaban J connectivity index is 1.64. The molecule has 1 aromatic carbocycles. The second-order valence-electron chi connectivity index (χ2n) is 5.80. The molecule has 1 aliphatic rings. The summed E-state index contributed by atoms with van der Waals surface area (Å²) < 4.78 is 1.74. The largest absolute Gasteiger partial charge is 0.353 e. The molecule has 6 heteroatoms. The van der Waals surface area contributed by atoms with Crippen LogP contribution in [0.4, 0.5) is 17.1 Å². The van der Waals surface area contributed by atoms with E-state index in [1.54, 1.807) is 10.9 Å². The molecule has 3 N–H and O–H groups in total. The molecule has 22 heavy (non-hydrogen) atoms. The Morgan fingerprint density at radius 1 is 1.36 bits per heavy atom. The Morgan fingerprint density at radius 3 is 2.77 bits per heavy atom. The van der Waals surface area contributed by atoms with Gasteiger partial charge in [-0.2, -0.15) is 5.10 Å². The number of nitrogens with one attached hydrogen (secondary N) is 3. The van der Waals surface area contributed by atoms with E-state index in [1.807, 2.05) is 44.4 Å². The van der Waals surface area contributed by atoms with E-state index in [0.29, 0.717) is 5.92 Å². The SMILES string of the molecule is CC(C(=O)Nc1cccc(Nc2cnn(C)c2)c1)C1CNC1. The summed E-state index contributed by atoms with van der Waals surface area (Å²) >= 11 is 0. The molecule has 0 saturated carbocycles. The first-order chi connectivity index (χ1) is 10.6. The highest BCUT2D eigenvalue weighted by Gasteiger charge is 2.28. The van der Waals surface area contributed by atoms with E-state index < -0.39 is 0 Å². The molecule has 3 rings (SSSR count). The molecular formula is C16H21N5O. The van der Waals surface area contributed by atoms with Crippen LogP contribution in [0.1, 0.15) is 6.92 Å². The van der Waals surface area contributed by atoms with Crippen molar-refractivity contribution in [3.63, 3.8) is 0 Å². The van der Waals surface area contributed by atoms with Crippen LogP contribution in [-0.2, 0) is 11.8 Å². The molecule has 2 aromatic rings. The van der Waals surface area contributed by atoms with Crippen LogP contribution >= 0.6 is 0 Å². The Bertz CT molecular complexity index is 662. The summed E-state index contributed by atoms with van der Waals surface area (Å²) in [5.41, 5.74) is 2.64. The third kappa shape index (κ3) is 3.28. The zero-order chi connectivity index (χ0) is 15.5. The summed E-state index contributed by atoms with van der Waals surface area (Å²) in [4.78, 5) is 12.2. The van der Waals surface area contributed by atoms with Crippen molar-refractivity contribution in [2.75, 3.05) is 23.7 Å². The average Bonchev–Trinajstić information content (AvgIpc) is 2.82. The number of carbonyl (C=O) groups is 1. The maximum Gasteiger partial charge on any atom is 0.227 e. The van der Waals surface area contributed by atoms with E-state index in [9.17, 15) is 4.79 Å². The second-order valence-corrected chi connectivity index (χ2v) is 5.80. The Labute approximate surface area is 129 Å². The van der Waals surface area contributed by atoms with Gasteiger partial charge in [-0.25, -0.2) is 0 Å². The highest BCUT2D eigenvalue weighted by molar-refractivity contribution is 5.93. The fraction of sp³-hybridized carbons (Fsp3) is 0.375. The number of nitrogens with zero attached hydrogens (tertiary/aromatic N) is 2. The molecule has 1 amide bonds. The molecule has 0 bridgehead atoms. The number of anilines is 3. The van der Waals surface area contributed by atoms with Gasteiger partial charge in [0, 0.05) is 30.5 Å². The number of hydrogen-bond donors (Lipinski definition) is 3. The molecule has 0 spiro atoms. The van der Waals surface area contributed by atoms with Gasteiger partial charge in [0.05, 0.1) is 11.9 Å². The number of benzene rings is 1. The normalized spacial score (nSPS) is 15.9. The van der Waals surface area contributed by atoms with Crippen LogP contribution < -0.4 is 16.0 Å². The van der Waals surface area contributed by atoms with Crippen molar-refractivity contribution in [2.45, 2.75) is 6.92 Å². The van der Waals surface area contributed by atoms with Crippen LogP contribution in [0.3, 0.4) is 0 Å². The predicted molar refractivity (Wildman–Crippen MR) is 87.1 cm³/mol. The summed E-state index contributed by atoms with van der Waals surface area (Å²) in [6.07, 6.45) is 3.66. The van der Waals surface area contributed by atoms with Gasteiger partial charge in [0.1, 0.15) is 0 Å². The van der Waals surface area contributed by atoms with E-state index in [1.165, 1.54) is 0 Å². The maximum atomic E-state index is 12.2. The Morgan fingerprint density at radius 2 is 2.14 bits per heavy atom. The van der Waals surface area contributed by atoms with E-state index >= 15 is 0 Å². The minimum atomic E-state index is 0.0242. The number of amides is 1. The molecular weight excluding hydrogens is 278 g/mol. The van der Waals surface area contributed by atoms with Gasteiger partial charge in [0.2, 0.25) is 5.91 Å². The summed E-state index contributed by atoms with van der Waals surface area (Å²) in [5, 5.41) is 13.6. The van der Waals surface area contributed by atoms with E-state index in [0.717, 1.165) is 30.2 Å². The number of aromatic nitrogens is 2. The Kier molecular flexibility index (Phi) is 4.11. The number of hydrogen-bond acceptors (Lipinski definition) is 4. The van der Waals surface area contributed by atoms with Gasteiger partial charge >= 0.3 is 0 Å². The molecule has 2 heterocycles. The molecule has 6 nitrogen and oxygen atoms in total. The lowest BCUT2D eigenvalue weighted by atomic mass is 9.88. The van der Waals surface area contributed by atoms with Gasteiger partial charge in [-0.1, -0.05) is 13.0 Å². The number of aryl methyl sites for hydroxylation is 1. The third-order valence-corrected chi connectivity index (χ3v) is 4.06. The highest BCUT2D eigenvalue weighted by Crippen LogP contribution is 2.22. The summed E-state index contributed by atoms with van der Waals surface area (Å²) in [6, 6.07) is 7.71. The van der Waals surface area contributed by atoms with Crippen LogP contribution in [-0.4, -0.2) is 28.8 Å². The number of rotatable bonds is 5.